The van der Waals surface area contributed by atoms with Crippen LogP contribution in [0.4, 0.5) is 10.5 Å². The molecule has 1 amide bonds. The first-order valence-electron chi connectivity index (χ1n) is 10.9. The lowest BCUT2D eigenvalue weighted by molar-refractivity contribution is -0.119. The summed E-state index contributed by atoms with van der Waals surface area (Å²) in [7, 11) is 0. The minimum Gasteiger partial charge on any atom is -0.434 e. The smallest absolute Gasteiger partial charge is 0.434 e. The third-order valence-corrected chi connectivity index (χ3v) is 6.11. The number of amides is 1. The molecule has 7 heteroatoms. The molecule has 32 heavy (non-hydrogen) atoms. The number of para-hydroxylation sites is 1. The summed E-state index contributed by atoms with van der Waals surface area (Å²) in [6, 6.07) is 11.0. The van der Waals surface area contributed by atoms with E-state index >= 15 is 0 Å². The zero-order valence-electron chi connectivity index (χ0n) is 19.1. The second kappa shape index (κ2) is 10.5. The molecule has 2 unspecified atom stereocenters. The molecule has 2 aromatic rings. The molecule has 0 saturated carbocycles. The number of anilines is 1. The molecule has 6 nitrogen and oxygen atoms in total. The summed E-state index contributed by atoms with van der Waals surface area (Å²) < 4.78 is 11.0. The summed E-state index contributed by atoms with van der Waals surface area (Å²) in [6.07, 6.45) is 0.407. The summed E-state index contributed by atoms with van der Waals surface area (Å²) >= 11 is 3.54. The first-order chi connectivity index (χ1) is 15.2. The number of carbonyl (C=O) groups is 2. The Balaban J connectivity index is 1.72. The third kappa shape index (κ3) is 5.90. The van der Waals surface area contributed by atoms with Gasteiger partial charge in [0.1, 0.15) is 5.75 Å². The van der Waals surface area contributed by atoms with Crippen LogP contribution in [-0.4, -0.2) is 25.2 Å². The van der Waals surface area contributed by atoms with Gasteiger partial charge in [-0.15, -0.1) is 0 Å². The Hall–Kier alpha value is -2.38. The molecule has 0 radical (unpaired) electrons. The molecule has 0 aliphatic carbocycles. The van der Waals surface area contributed by atoms with E-state index in [0.29, 0.717) is 29.3 Å². The van der Waals surface area contributed by atoms with Crippen molar-refractivity contribution in [3.05, 3.63) is 57.6 Å². The first-order valence-corrected chi connectivity index (χ1v) is 11.7. The van der Waals surface area contributed by atoms with Crippen LogP contribution in [0.25, 0.3) is 0 Å². The molecule has 0 aromatic heterocycles. The molecule has 2 aromatic carbocycles. The Labute approximate surface area is 198 Å². The van der Waals surface area contributed by atoms with Gasteiger partial charge >= 0.3 is 6.16 Å². The van der Waals surface area contributed by atoms with Gasteiger partial charge in [0.15, 0.2) is 0 Å². The second-order valence-corrected chi connectivity index (χ2v) is 9.80. The fourth-order valence-electron chi connectivity index (χ4n) is 4.05. The van der Waals surface area contributed by atoms with Crippen molar-refractivity contribution in [2.45, 2.75) is 46.6 Å². The molecule has 0 saturated heterocycles. The highest BCUT2D eigenvalue weighted by Crippen LogP contribution is 2.34. The number of nitrogens with zero attached hydrogens (tertiary/aromatic N) is 1. The maximum Gasteiger partial charge on any atom is 0.513 e. The molecule has 172 valence electrons. The van der Waals surface area contributed by atoms with E-state index < -0.39 is 12.2 Å². The van der Waals surface area contributed by atoms with Gasteiger partial charge in [0.25, 0.3) is 0 Å². The fourth-order valence-corrected chi connectivity index (χ4v) is 4.88. The van der Waals surface area contributed by atoms with E-state index in [1.807, 2.05) is 43.9 Å². The fraction of sp³-hybridized carbons (Fsp3) is 0.440. The number of hydrogen-bond donors (Lipinski definition) is 1. The van der Waals surface area contributed by atoms with Crippen LogP contribution in [0.5, 0.6) is 5.75 Å². The number of ether oxygens (including phenoxy) is 2. The quantitative estimate of drug-likeness (QED) is 0.413. The van der Waals surface area contributed by atoms with E-state index in [-0.39, 0.29) is 18.2 Å². The van der Waals surface area contributed by atoms with Gasteiger partial charge in [0.2, 0.25) is 5.91 Å². The Bertz CT molecular complexity index is 969. The van der Waals surface area contributed by atoms with Crippen molar-refractivity contribution in [2.75, 3.05) is 18.1 Å². The van der Waals surface area contributed by atoms with Crippen LogP contribution in [-0.2, 0) is 16.0 Å². The zero-order valence-corrected chi connectivity index (χ0v) is 20.6. The van der Waals surface area contributed by atoms with Gasteiger partial charge < -0.3 is 20.1 Å². The monoisotopic (exact) mass is 502 g/mol. The predicted molar refractivity (Wildman–Crippen MR) is 129 cm³/mol. The van der Waals surface area contributed by atoms with Gasteiger partial charge in [-0.3, -0.25) is 4.79 Å². The van der Waals surface area contributed by atoms with E-state index in [9.17, 15) is 9.59 Å². The number of nitrogens with two attached hydrogens (primary N) is 1. The Morgan fingerprint density at radius 3 is 2.66 bits per heavy atom. The molecule has 1 aliphatic rings. The second-order valence-electron chi connectivity index (χ2n) is 8.95. The number of benzene rings is 2. The molecule has 0 spiro atoms. The highest BCUT2D eigenvalue weighted by Gasteiger charge is 2.28. The molecule has 1 heterocycles. The lowest BCUT2D eigenvalue weighted by Crippen LogP contribution is -2.40. The molecule has 0 bridgehead atoms. The number of hydrogen-bond acceptors (Lipinski definition) is 5. The van der Waals surface area contributed by atoms with Crippen molar-refractivity contribution in [1.29, 1.82) is 0 Å². The maximum absolute atomic E-state index is 13.2. The number of fused-ring (bicyclic) bond motifs is 1. The average Bonchev–Trinajstić information content (AvgIpc) is 2.71. The van der Waals surface area contributed by atoms with Gasteiger partial charge in [0, 0.05) is 29.2 Å². The molecule has 3 rings (SSSR count). The number of carbonyl (C=O) groups excluding carboxylic acids is 2. The Morgan fingerprint density at radius 2 is 1.97 bits per heavy atom. The highest BCUT2D eigenvalue weighted by atomic mass is 79.9. The van der Waals surface area contributed by atoms with Gasteiger partial charge in [-0.25, -0.2) is 4.79 Å². The highest BCUT2D eigenvalue weighted by molar-refractivity contribution is 9.10. The molecule has 0 fully saturated rings. The lowest BCUT2D eigenvalue weighted by Gasteiger charge is -2.34. The zero-order chi connectivity index (χ0) is 23.4. The summed E-state index contributed by atoms with van der Waals surface area (Å²) in [5.74, 6) is 0.985. The van der Waals surface area contributed by atoms with Crippen molar-refractivity contribution in [2.24, 2.45) is 17.6 Å². The summed E-state index contributed by atoms with van der Waals surface area (Å²) in [5, 5.41) is 0. The van der Waals surface area contributed by atoms with Gasteiger partial charge in [-0.05, 0) is 60.1 Å². The van der Waals surface area contributed by atoms with Crippen molar-refractivity contribution in [1.82, 2.24) is 0 Å². The number of halogens is 1. The molecule has 2 N–H and O–H groups in total. The minimum atomic E-state index is -0.741. The average molecular weight is 503 g/mol. The number of aryl methyl sites for hydroxylation is 1. The van der Waals surface area contributed by atoms with E-state index in [0.717, 1.165) is 23.2 Å². The van der Waals surface area contributed by atoms with Crippen LogP contribution in [0.1, 0.15) is 49.9 Å². The lowest BCUT2D eigenvalue weighted by atomic mass is 9.92. The minimum absolute atomic E-state index is 0.000361. The van der Waals surface area contributed by atoms with E-state index in [1.165, 1.54) is 5.56 Å². The van der Waals surface area contributed by atoms with Crippen LogP contribution in [0.3, 0.4) is 0 Å². The molecule has 1 aliphatic heterocycles. The van der Waals surface area contributed by atoms with Gasteiger partial charge in [-0.2, -0.15) is 0 Å². The SMILES string of the molecule is Cc1cc(OC(=O)OCC(C)C)cc(Br)c1C(N)CC(=O)N1CC(C)Cc2ccccc21. The largest absolute Gasteiger partial charge is 0.513 e. The first kappa shape index (κ1) is 24.3. The van der Waals surface area contributed by atoms with Crippen molar-refractivity contribution in [3.8, 4) is 5.75 Å². The van der Waals surface area contributed by atoms with E-state index in [1.54, 1.807) is 12.1 Å². The summed E-state index contributed by atoms with van der Waals surface area (Å²) in [6.45, 7) is 8.93. The standard InChI is InChI=1S/C25H31BrN2O4/c1-15(2)14-31-25(30)32-19-10-17(4)24(20(26)11-19)21(27)12-23(29)28-13-16(3)9-18-7-5-6-8-22(18)28/h5-8,10-11,15-16,21H,9,12-14,27H2,1-4H3. The molecular weight excluding hydrogens is 472 g/mol. The van der Waals surface area contributed by atoms with Crippen LogP contribution in [0.2, 0.25) is 0 Å². The normalized spacial score (nSPS) is 16.5. The number of rotatable bonds is 6. The van der Waals surface area contributed by atoms with Crippen LogP contribution >= 0.6 is 15.9 Å². The van der Waals surface area contributed by atoms with Gasteiger partial charge in [-0.1, -0.05) is 54.9 Å². The Morgan fingerprint density at radius 1 is 1.25 bits per heavy atom. The van der Waals surface area contributed by atoms with Crippen LogP contribution in [0.15, 0.2) is 40.9 Å². The van der Waals surface area contributed by atoms with Crippen molar-refractivity contribution in [3.63, 3.8) is 0 Å². The van der Waals surface area contributed by atoms with Crippen molar-refractivity contribution >= 4 is 33.7 Å². The predicted octanol–water partition coefficient (Wildman–Crippen LogP) is 5.54. The van der Waals surface area contributed by atoms with E-state index in [4.69, 9.17) is 15.2 Å². The van der Waals surface area contributed by atoms with Gasteiger partial charge in [0.05, 0.1) is 6.61 Å². The molecule has 2 atom stereocenters. The molecular formula is C25H31BrN2O4. The third-order valence-electron chi connectivity index (χ3n) is 5.46. The maximum atomic E-state index is 13.2. The Kier molecular flexibility index (Phi) is 7.96. The summed E-state index contributed by atoms with van der Waals surface area (Å²) in [5.41, 5.74) is 10.3. The topological polar surface area (TPSA) is 81.9 Å². The van der Waals surface area contributed by atoms with E-state index in [2.05, 4.69) is 28.9 Å². The van der Waals surface area contributed by atoms with Crippen LogP contribution < -0.4 is 15.4 Å². The van der Waals surface area contributed by atoms with Crippen LogP contribution in [0, 0.1) is 18.8 Å². The van der Waals surface area contributed by atoms with Crippen molar-refractivity contribution < 1.29 is 19.1 Å². The summed E-state index contributed by atoms with van der Waals surface area (Å²) in [4.78, 5) is 26.9.